The molecule has 0 aromatic carbocycles. The summed E-state index contributed by atoms with van der Waals surface area (Å²) in [4.78, 5) is 26.2. The van der Waals surface area contributed by atoms with Gasteiger partial charge in [-0.3, -0.25) is 4.79 Å². The van der Waals surface area contributed by atoms with Crippen molar-refractivity contribution in [2.24, 2.45) is 17.8 Å². The van der Waals surface area contributed by atoms with Crippen LogP contribution in [-0.4, -0.2) is 65.7 Å². The lowest BCUT2D eigenvalue weighted by Crippen LogP contribution is -2.43. The largest absolute Gasteiger partial charge is 0.490 e. The molecule has 25 heavy (non-hydrogen) atoms. The van der Waals surface area contributed by atoms with Crippen LogP contribution < -0.4 is 0 Å². The molecule has 0 bridgehead atoms. The molecule has 8 heteroatoms. The van der Waals surface area contributed by atoms with Crippen LogP contribution in [0.5, 0.6) is 0 Å². The van der Waals surface area contributed by atoms with Crippen LogP contribution in [0.1, 0.15) is 39.0 Å². The SMILES string of the molecule is CC1CCC(C(=O)N2CC[C@H]3CN(C)C[C@H]32)CC1.O=C(O)C(F)(F)F. The van der Waals surface area contributed by atoms with Gasteiger partial charge < -0.3 is 14.9 Å². The van der Waals surface area contributed by atoms with Gasteiger partial charge in [-0.2, -0.15) is 13.2 Å². The Kier molecular flexibility index (Phi) is 6.35. The Hall–Kier alpha value is -1.31. The highest BCUT2D eigenvalue weighted by Gasteiger charge is 2.43. The van der Waals surface area contributed by atoms with E-state index >= 15 is 0 Å². The standard InChI is InChI=1S/C15H26N2O.C2HF3O2/c1-11-3-5-12(6-4-11)15(18)17-8-7-13-9-16(2)10-14(13)17;3-2(4,5)1(6)7/h11-14H,3-10H2,1-2H3;(H,6,7)/t11?,12?,13-,14+;/m0./s1. The first kappa shape index (κ1) is 20.0. The van der Waals surface area contributed by atoms with Crippen molar-refractivity contribution in [2.45, 2.75) is 51.2 Å². The third kappa shape index (κ3) is 5.09. The van der Waals surface area contributed by atoms with E-state index in [1.165, 1.54) is 25.8 Å². The Bertz CT molecular complexity index is 490. The molecule has 3 fully saturated rings. The summed E-state index contributed by atoms with van der Waals surface area (Å²) in [5.41, 5.74) is 0. The first-order valence-corrected chi connectivity index (χ1v) is 8.88. The fraction of sp³-hybridized carbons (Fsp3) is 0.882. The maximum atomic E-state index is 12.7. The maximum absolute atomic E-state index is 12.7. The summed E-state index contributed by atoms with van der Waals surface area (Å²) in [6.45, 7) is 5.63. The van der Waals surface area contributed by atoms with Crippen molar-refractivity contribution in [3.63, 3.8) is 0 Å². The molecule has 0 spiro atoms. The average Bonchev–Trinajstić information content (AvgIpc) is 3.05. The molecular weight excluding hydrogens is 337 g/mol. The highest BCUT2D eigenvalue weighted by atomic mass is 19.4. The first-order valence-electron chi connectivity index (χ1n) is 8.88. The Balaban J connectivity index is 0.000000277. The second-order valence-corrected chi connectivity index (χ2v) is 7.63. The fourth-order valence-corrected chi connectivity index (χ4v) is 4.19. The van der Waals surface area contributed by atoms with Gasteiger partial charge in [-0.25, -0.2) is 4.79 Å². The second kappa shape index (κ2) is 7.93. The fourth-order valence-electron chi connectivity index (χ4n) is 4.19. The van der Waals surface area contributed by atoms with Gasteiger partial charge in [0.1, 0.15) is 0 Å². The summed E-state index contributed by atoms with van der Waals surface area (Å²) in [5.74, 6) is -0.359. The molecular formula is C17H27F3N2O3. The Morgan fingerprint density at radius 3 is 2.12 bits per heavy atom. The molecule has 0 aromatic rings. The summed E-state index contributed by atoms with van der Waals surface area (Å²) >= 11 is 0. The number of rotatable bonds is 1. The lowest BCUT2D eigenvalue weighted by Gasteiger charge is -2.32. The van der Waals surface area contributed by atoms with Crippen molar-refractivity contribution >= 4 is 11.9 Å². The van der Waals surface area contributed by atoms with Crippen LogP contribution in [0.4, 0.5) is 13.2 Å². The zero-order valence-corrected chi connectivity index (χ0v) is 14.8. The van der Waals surface area contributed by atoms with Gasteiger partial charge in [0.25, 0.3) is 0 Å². The maximum Gasteiger partial charge on any atom is 0.490 e. The predicted molar refractivity (Wildman–Crippen MR) is 85.9 cm³/mol. The van der Waals surface area contributed by atoms with Crippen LogP contribution in [-0.2, 0) is 9.59 Å². The number of carbonyl (C=O) groups is 2. The number of likely N-dealkylation sites (N-methyl/N-ethyl adjacent to an activating group) is 1. The quantitative estimate of drug-likeness (QED) is 0.777. The average molecular weight is 364 g/mol. The number of carboxylic acids is 1. The molecule has 2 atom stereocenters. The van der Waals surface area contributed by atoms with Gasteiger partial charge in [-0.15, -0.1) is 0 Å². The van der Waals surface area contributed by atoms with E-state index in [2.05, 4.69) is 23.8 Å². The summed E-state index contributed by atoms with van der Waals surface area (Å²) < 4.78 is 31.7. The van der Waals surface area contributed by atoms with Crippen LogP contribution in [0, 0.1) is 17.8 Å². The van der Waals surface area contributed by atoms with Crippen molar-refractivity contribution in [1.82, 2.24) is 9.80 Å². The highest BCUT2D eigenvalue weighted by molar-refractivity contribution is 5.79. The normalized spacial score (nSPS) is 32.8. The van der Waals surface area contributed by atoms with Gasteiger partial charge >= 0.3 is 12.1 Å². The number of likely N-dealkylation sites (tertiary alicyclic amines) is 2. The zero-order chi connectivity index (χ0) is 18.8. The highest BCUT2D eigenvalue weighted by Crippen LogP contribution is 2.35. The zero-order valence-electron chi connectivity index (χ0n) is 14.8. The third-order valence-corrected chi connectivity index (χ3v) is 5.62. The topological polar surface area (TPSA) is 60.9 Å². The molecule has 2 aliphatic heterocycles. The number of hydrogen-bond donors (Lipinski definition) is 1. The minimum Gasteiger partial charge on any atom is -0.475 e. The van der Waals surface area contributed by atoms with Gasteiger partial charge in [-0.1, -0.05) is 6.92 Å². The third-order valence-electron chi connectivity index (χ3n) is 5.62. The Labute approximate surface area is 146 Å². The van der Waals surface area contributed by atoms with Crippen LogP contribution in [0.25, 0.3) is 0 Å². The molecule has 0 unspecified atom stereocenters. The van der Waals surface area contributed by atoms with Crippen molar-refractivity contribution < 1.29 is 27.9 Å². The number of hydrogen-bond acceptors (Lipinski definition) is 3. The van der Waals surface area contributed by atoms with Gasteiger partial charge in [0.05, 0.1) is 0 Å². The van der Waals surface area contributed by atoms with E-state index < -0.39 is 12.1 Å². The van der Waals surface area contributed by atoms with Crippen molar-refractivity contribution in [1.29, 1.82) is 0 Å². The van der Waals surface area contributed by atoms with Crippen LogP contribution >= 0.6 is 0 Å². The molecule has 0 aromatic heterocycles. The van der Waals surface area contributed by atoms with E-state index in [1.54, 1.807) is 0 Å². The van der Waals surface area contributed by atoms with Gasteiger partial charge in [0, 0.05) is 31.6 Å². The number of amides is 1. The lowest BCUT2D eigenvalue weighted by atomic mass is 9.82. The molecule has 3 rings (SSSR count). The first-order chi connectivity index (χ1) is 11.6. The number of nitrogens with zero attached hydrogens (tertiary/aromatic N) is 2. The smallest absolute Gasteiger partial charge is 0.475 e. The summed E-state index contributed by atoms with van der Waals surface area (Å²) in [6.07, 6.45) is 0.897. The molecule has 2 saturated heterocycles. The van der Waals surface area contributed by atoms with Crippen molar-refractivity contribution in [3.05, 3.63) is 0 Å². The van der Waals surface area contributed by atoms with Crippen LogP contribution in [0.2, 0.25) is 0 Å². The van der Waals surface area contributed by atoms with E-state index in [-0.39, 0.29) is 0 Å². The number of alkyl halides is 3. The van der Waals surface area contributed by atoms with E-state index in [0.717, 1.165) is 37.8 Å². The monoisotopic (exact) mass is 364 g/mol. The molecule has 2 heterocycles. The van der Waals surface area contributed by atoms with E-state index in [9.17, 15) is 18.0 Å². The number of carboxylic acid groups (broad SMARTS) is 1. The van der Waals surface area contributed by atoms with Crippen molar-refractivity contribution in [3.8, 4) is 0 Å². The minimum absolute atomic E-state index is 0.339. The van der Waals surface area contributed by atoms with Crippen LogP contribution in [0.15, 0.2) is 0 Å². The number of halogens is 3. The Morgan fingerprint density at radius 2 is 1.60 bits per heavy atom. The van der Waals surface area contributed by atoms with Crippen molar-refractivity contribution in [2.75, 3.05) is 26.7 Å². The van der Waals surface area contributed by atoms with E-state index in [4.69, 9.17) is 9.90 Å². The molecule has 3 aliphatic rings. The number of fused-ring (bicyclic) bond motifs is 1. The molecule has 0 radical (unpaired) electrons. The van der Waals surface area contributed by atoms with Gasteiger partial charge in [0.2, 0.25) is 5.91 Å². The summed E-state index contributed by atoms with van der Waals surface area (Å²) in [6, 6.07) is 0.529. The number of carbonyl (C=O) groups excluding carboxylic acids is 1. The van der Waals surface area contributed by atoms with E-state index in [0.29, 0.717) is 17.9 Å². The minimum atomic E-state index is -5.08. The second-order valence-electron chi connectivity index (χ2n) is 7.63. The molecule has 144 valence electrons. The molecule has 1 aliphatic carbocycles. The van der Waals surface area contributed by atoms with Gasteiger partial charge in [0.15, 0.2) is 0 Å². The molecule has 1 saturated carbocycles. The summed E-state index contributed by atoms with van der Waals surface area (Å²) in [7, 11) is 2.18. The van der Waals surface area contributed by atoms with Crippen LogP contribution in [0.3, 0.4) is 0 Å². The van der Waals surface area contributed by atoms with Gasteiger partial charge in [-0.05, 0) is 51.0 Å². The molecule has 1 N–H and O–H groups in total. The lowest BCUT2D eigenvalue weighted by molar-refractivity contribution is -0.192. The molecule has 5 nitrogen and oxygen atoms in total. The summed E-state index contributed by atoms with van der Waals surface area (Å²) in [5, 5.41) is 7.12. The Morgan fingerprint density at radius 1 is 1.04 bits per heavy atom. The molecule has 1 amide bonds. The predicted octanol–water partition coefficient (Wildman–Crippen LogP) is 2.61. The number of aliphatic carboxylic acids is 1. The van der Waals surface area contributed by atoms with E-state index in [1.807, 2.05) is 0 Å².